The van der Waals surface area contributed by atoms with Crippen LogP contribution in [0.2, 0.25) is 0 Å². The lowest BCUT2D eigenvalue weighted by atomic mass is 10.0. The maximum Gasteiger partial charge on any atom is 0.389 e. The number of nitrogens with zero attached hydrogens (tertiary/aromatic N) is 4. The molecule has 9 nitrogen and oxygen atoms in total. The maximum atomic E-state index is 12.8. The van der Waals surface area contributed by atoms with E-state index in [1.165, 1.54) is 4.90 Å². The fourth-order valence-corrected chi connectivity index (χ4v) is 4.53. The van der Waals surface area contributed by atoms with E-state index in [1.807, 2.05) is 19.1 Å². The summed E-state index contributed by atoms with van der Waals surface area (Å²) in [5.41, 5.74) is 2.88. The number of ether oxygens (including phenoxy) is 1. The lowest BCUT2D eigenvalue weighted by Crippen LogP contribution is -2.37. The normalized spacial score (nSPS) is 19.1. The number of likely N-dealkylation sites (tertiary alicyclic amines) is 1. The van der Waals surface area contributed by atoms with Crippen molar-refractivity contribution in [1.29, 1.82) is 0 Å². The Hall–Kier alpha value is -3.12. The van der Waals surface area contributed by atoms with Gasteiger partial charge in [-0.15, -0.1) is 0 Å². The van der Waals surface area contributed by atoms with Crippen LogP contribution in [0.25, 0.3) is 11.3 Å². The molecular formula is C25H33F3N6O3. The van der Waals surface area contributed by atoms with Crippen LogP contribution in [0.5, 0.6) is 0 Å². The van der Waals surface area contributed by atoms with Crippen molar-refractivity contribution in [2.24, 2.45) is 5.92 Å². The molecule has 0 aliphatic carbocycles. The predicted molar refractivity (Wildman–Crippen MR) is 135 cm³/mol. The van der Waals surface area contributed by atoms with Gasteiger partial charge in [0.1, 0.15) is 5.82 Å². The van der Waals surface area contributed by atoms with Gasteiger partial charge in [0.25, 0.3) is 0 Å². The predicted octanol–water partition coefficient (Wildman–Crippen LogP) is 3.89. The molecule has 2 saturated heterocycles. The van der Waals surface area contributed by atoms with E-state index in [-0.39, 0.29) is 13.1 Å². The van der Waals surface area contributed by atoms with Crippen molar-refractivity contribution in [3.63, 3.8) is 0 Å². The highest BCUT2D eigenvalue weighted by Gasteiger charge is 2.36. The Bertz CT molecular complexity index is 1090. The molecule has 4 rings (SSSR count). The molecule has 2 fully saturated rings. The van der Waals surface area contributed by atoms with Gasteiger partial charge in [0.15, 0.2) is 0 Å². The van der Waals surface area contributed by atoms with Crippen LogP contribution in [0, 0.1) is 12.8 Å². The van der Waals surface area contributed by atoms with Crippen LogP contribution in [0.15, 0.2) is 24.3 Å². The molecule has 2 aromatic rings. The van der Waals surface area contributed by atoms with E-state index >= 15 is 0 Å². The summed E-state index contributed by atoms with van der Waals surface area (Å²) in [5, 5.41) is 15.6. The Morgan fingerprint density at radius 3 is 2.68 bits per heavy atom. The highest BCUT2D eigenvalue weighted by atomic mass is 19.4. The van der Waals surface area contributed by atoms with Gasteiger partial charge in [0.2, 0.25) is 5.95 Å². The van der Waals surface area contributed by atoms with Crippen molar-refractivity contribution in [2.75, 3.05) is 61.5 Å². The van der Waals surface area contributed by atoms with E-state index in [9.17, 15) is 23.1 Å². The number of aliphatic hydroxyl groups excluding tert-OH is 1. The summed E-state index contributed by atoms with van der Waals surface area (Å²) in [6, 6.07) is 6.89. The first-order valence-corrected chi connectivity index (χ1v) is 12.4. The van der Waals surface area contributed by atoms with Crippen molar-refractivity contribution in [3.05, 3.63) is 29.8 Å². The summed E-state index contributed by atoms with van der Waals surface area (Å²) >= 11 is 0. The monoisotopic (exact) mass is 522 g/mol. The minimum atomic E-state index is -4.23. The number of aliphatic hydroxyl groups is 1. The molecular weight excluding hydrogens is 489 g/mol. The second-order valence-corrected chi connectivity index (χ2v) is 9.64. The molecule has 1 aromatic heterocycles. The van der Waals surface area contributed by atoms with Gasteiger partial charge in [-0.2, -0.15) is 18.2 Å². The molecule has 37 heavy (non-hydrogen) atoms. The molecule has 3 heterocycles. The maximum absolute atomic E-state index is 12.8. The standard InChI is InChI=1S/C25H33F3N6O3/c1-16-3-4-19(30-24(36)34-6-5-18(15-34)13-25(26,27)28)11-20(16)21-12-22(33-7-9-37-10-8-33)32-23(31-21)29-14-17(2)35/h3-4,11-12,17-18,35H,5-10,13-15H2,1-2H3,(H,30,36)(H,29,31,32). The largest absolute Gasteiger partial charge is 0.392 e. The molecule has 0 spiro atoms. The highest BCUT2D eigenvalue weighted by molar-refractivity contribution is 5.90. The van der Waals surface area contributed by atoms with Crippen molar-refractivity contribution >= 4 is 23.5 Å². The number of carbonyl (C=O) groups excluding carboxylic acids is 1. The average Bonchev–Trinajstić information content (AvgIpc) is 3.31. The molecule has 0 radical (unpaired) electrons. The molecule has 0 bridgehead atoms. The zero-order valence-corrected chi connectivity index (χ0v) is 21.0. The van der Waals surface area contributed by atoms with Gasteiger partial charge in [-0.3, -0.25) is 0 Å². The summed E-state index contributed by atoms with van der Waals surface area (Å²) in [5.74, 6) is 0.524. The van der Waals surface area contributed by atoms with Gasteiger partial charge >= 0.3 is 12.2 Å². The molecule has 2 atom stereocenters. The van der Waals surface area contributed by atoms with Gasteiger partial charge in [-0.25, -0.2) is 9.78 Å². The summed E-state index contributed by atoms with van der Waals surface area (Å²) in [6.07, 6.45) is -5.36. The number of hydrogen-bond acceptors (Lipinski definition) is 7. The SMILES string of the molecule is Cc1ccc(NC(=O)N2CCC(CC(F)(F)F)C2)cc1-c1cc(N2CCOCC2)nc(NCC(C)O)n1. The Morgan fingerprint density at radius 1 is 1.22 bits per heavy atom. The average molecular weight is 523 g/mol. The van der Waals surface area contributed by atoms with E-state index < -0.39 is 30.7 Å². The Kier molecular flexibility index (Phi) is 8.38. The summed E-state index contributed by atoms with van der Waals surface area (Å²) in [6.45, 7) is 6.82. The van der Waals surface area contributed by atoms with E-state index in [2.05, 4.69) is 25.5 Å². The van der Waals surface area contributed by atoms with Crippen LogP contribution in [0.1, 0.15) is 25.3 Å². The van der Waals surface area contributed by atoms with Crippen LogP contribution in [0.3, 0.4) is 0 Å². The van der Waals surface area contributed by atoms with E-state index in [0.717, 1.165) is 16.9 Å². The van der Waals surface area contributed by atoms with Crippen LogP contribution in [0.4, 0.5) is 35.4 Å². The number of morpholine rings is 1. The molecule has 0 saturated carbocycles. The number of amides is 2. The smallest absolute Gasteiger partial charge is 0.389 e. The number of aromatic nitrogens is 2. The van der Waals surface area contributed by atoms with Crippen LogP contribution >= 0.6 is 0 Å². The Balaban J connectivity index is 1.54. The summed E-state index contributed by atoms with van der Waals surface area (Å²) in [4.78, 5) is 25.6. The lowest BCUT2D eigenvalue weighted by molar-refractivity contribution is -0.143. The fourth-order valence-electron chi connectivity index (χ4n) is 4.53. The van der Waals surface area contributed by atoms with Crippen LogP contribution < -0.4 is 15.5 Å². The second-order valence-electron chi connectivity index (χ2n) is 9.64. The van der Waals surface area contributed by atoms with E-state index in [4.69, 9.17) is 4.74 Å². The number of carbonyl (C=O) groups is 1. The van der Waals surface area contributed by atoms with Gasteiger partial charge in [0, 0.05) is 56.5 Å². The number of benzene rings is 1. The second kappa shape index (κ2) is 11.5. The molecule has 1 aromatic carbocycles. The number of aryl methyl sites for hydroxylation is 1. The Morgan fingerprint density at radius 2 is 1.97 bits per heavy atom. The van der Waals surface area contributed by atoms with Crippen LogP contribution in [-0.2, 0) is 4.74 Å². The van der Waals surface area contributed by atoms with Crippen molar-refractivity contribution in [3.8, 4) is 11.3 Å². The fraction of sp³-hybridized carbons (Fsp3) is 0.560. The lowest BCUT2D eigenvalue weighted by Gasteiger charge is -2.28. The van der Waals surface area contributed by atoms with Gasteiger partial charge < -0.3 is 30.3 Å². The number of halogens is 3. The van der Waals surface area contributed by atoms with Gasteiger partial charge in [0.05, 0.1) is 25.0 Å². The molecule has 3 N–H and O–H groups in total. The molecule has 12 heteroatoms. The van der Waals surface area contributed by atoms with E-state index in [0.29, 0.717) is 56.6 Å². The van der Waals surface area contributed by atoms with Gasteiger partial charge in [-0.1, -0.05) is 6.07 Å². The van der Waals surface area contributed by atoms with Crippen molar-refractivity contribution < 1.29 is 27.8 Å². The summed E-state index contributed by atoms with van der Waals surface area (Å²) < 4.78 is 43.7. The zero-order valence-electron chi connectivity index (χ0n) is 21.0. The molecule has 2 aliphatic rings. The first-order chi connectivity index (χ1) is 17.6. The molecule has 2 unspecified atom stereocenters. The minimum Gasteiger partial charge on any atom is -0.392 e. The number of hydrogen-bond donors (Lipinski definition) is 3. The number of alkyl halides is 3. The highest BCUT2D eigenvalue weighted by Crippen LogP contribution is 2.32. The Labute approximate surface area is 214 Å². The number of nitrogens with one attached hydrogen (secondary N) is 2. The van der Waals surface area contributed by atoms with Crippen molar-refractivity contribution in [1.82, 2.24) is 14.9 Å². The quantitative estimate of drug-likeness (QED) is 0.507. The van der Waals surface area contributed by atoms with Crippen molar-refractivity contribution in [2.45, 2.75) is 39.0 Å². The molecule has 2 aliphatic heterocycles. The number of rotatable bonds is 7. The minimum absolute atomic E-state index is 0.0805. The van der Waals surface area contributed by atoms with E-state index in [1.54, 1.807) is 19.1 Å². The third-order valence-corrected chi connectivity index (χ3v) is 6.46. The zero-order chi connectivity index (χ0) is 26.6. The topological polar surface area (TPSA) is 103 Å². The molecule has 202 valence electrons. The first-order valence-electron chi connectivity index (χ1n) is 12.4. The third kappa shape index (κ3) is 7.45. The summed E-state index contributed by atoms with van der Waals surface area (Å²) in [7, 11) is 0. The molecule has 2 amide bonds. The van der Waals surface area contributed by atoms with Crippen LogP contribution in [-0.4, -0.2) is 84.2 Å². The van der Waals surface area contributed by atoms with Gasteiger partial charge in [-0.05, 0) is 43.9 Å². The first kappa shape index (κ1) is 26.9. The number of anilines is 3. The third-order valence-electron chi connectivity index (χ3n) is 6.46. The number of urea groups is 1.